The van der Waals surface area contributed by atoms with E-state index in [-0.39, 0.29) is 17.9 Å². The lowest BCUT2D eigenvalue weighted by molar-refractivity contribution is -0.133. The average molecular weight is 401 g/mol. The summed E-state index contributed by atoms with van der Waals surface area (Å²) in [5, 5.41) is 22.7. The van der Waals surface area contributed by atoms with Gasteiger partial charge in [0.15, 0.2) is 11.6 Å². The molecule has 0 saturated heterocycles. The van der Waals surface area contributed by atoms with Gasteiger partial charge in [0, 0.05) is 5.92 Å². The predicted octanol–water partition coefficient (Wildman–Crippen LogP) is 3.57. The van der Waals surface area contributed by atoms with Crippen molar-refractivity contribution in [1.29, 1.82) is 0 Å². The molecule has 1 aromatic heterocycles. The molecule has 29 heavy (non-hydrogen) atoms. The highest BCUT2D eigenvalue weighted by Crippen LogP contribution is 2.64. The highest BCUT2D eigenvalue weighted by Gasteiger charge is 2.58. The molecule has 0 amide bonds. The maximum absolute atomic E-state index is 13.2. The van der Waals surface area contributed by atoms with Crippen LogP contribution in [0.2, 0.25) is 0 Å². The molecule has 8 atom stereocenters. The molecule has 1 N–H and O–H groups in total. The Morgan fingerprint density at radius 3 is 2.62 bits per heavy atom. The fourth-order valence-electron chi connectivity index (χ4n) is 8.25. The number of hydrogen-bond acceptors (Lipinski definition) is 5. The van der Waals surface area contributed by atoms with Gasteiger partial charge in [0.05, 0.1) is 5.60 Å². The third-order valence-corrected chi connectivity index (χ3v) is 9.48. The van der Waals surface area contributed by atoms with Crippen LogP contribution in [0, 0.1) is 47.8 Å². The van der Waals surface area contributed by atoms with Gasteiger partial charge in [-0.2, -0.15) is 4.80 Å². The number of aryl methyl sites for hydroxylation is 1. The van der Waals surface area contributed by atoms with Crippen LogP contribution in [-0.4, -0.2) is 36.7 Å². The Kier molecular flexibility index (Phi) is 4.65. The van der Waals surface area contributed by atoms with Crippen LogP contribution in [0.15, 0.2) is 0 Å². The van der Waals surface area contributed by atoms with E-state index in [4.69, 9.17) is 0 Å². The largest absolute Gasteiger partial charge is 0.390 e. The van der Waals surface area contributed by atoms with E-state index in [1.807, 2.05) is 13.8 Å². The molecule has 0 aromatic carbocycles. The van der Waals surface area contributed by atoms with Gasteiger partial charge in [-0.3, -0.25) is 4.79 Å². The standard InChI is InChI=1S/C23H36N4O2/c1-14-24-26-27(25-14)13-21(28)20-7-6-19-18-5-4-15-12-22(2,29)10-8-16(15)17(18)9-11-23(19,20)3/h15-20,29H,4-13H2,1-3H3/t15-,16+,17-,18-,19+,20?,22-,23?/m1/s1. The van der Waals surface area contributed by atoms with Gasteiger partial charge in [-0.1, -0.05) is 6.92 Å². The first-order valence-corrected chi connectivity index (χ1v) is 11.8. The van der Waals surface area contributed by atoms with Crippen molar-refractivity contribution < 1.29 is 9.90 Å². The van der Waals surface area contributed by atoms with Crippen LogP contribution in [0.25, 0.3) is 0 Å². The Labute approximate surface area is 173 Å². The van der Waals surface area contributed by atoms with Gasteiger partial charge in [0.1, 0.15) is 6.54 Å². The summed E-state index contributed by atoms with van der Waals surface area (Å²) >= 11 is 0. The smallest absolute Gasteiger partial charge is 0.171 e. The number of aliphatic hydroxyl groups is 1. The molecule has 4 aliphatic rings. The molecule has 6 nitrogen and oxygen atoms in total. The summed E-state index contributed by atoms with van der Waals surface area (Å²) < 4.78 is 0. The van der Waals surface area contributed by atoms with Crippen molar-refractivity contribution in [3.63, 3.8) is 0 Å². The molecule has 1 heterocycles. The molecule has 4 fully saturated rings. The molecule has 4 aliphatic carbocycles. The molecular formula is C23H36N4O2. The molecule has 5 rings (SSSR count). The summed E-state index contributed by atoms with van der Waals surface area (Å²) in [4.78, 5) is 14.7. The monoisotopic (exact) mass is 400 g/mol. The van der Waals surface area contributed by atoms with E-state index in [1.54, 1.807) is 0 Å². The van der Waals surface area contributed by atoms with Crippen LogP contribution in [0.3, 0.4) is 0 Å². The fraction of sp³-hybridized carbons (Fsp3) is 0.913. The van der Waals surface area contributed by atoms with E-state index < -0.39 is 5.60 Å². The van der Waals surface area contributed by atoms with Crippen molar-refractivity contribution in [2.45, 2.75) is 90.7 Å². The lowest BCUT2D eigenvalue weighted by atomic mass is 9.49. The van der Waals surface area contributed by atoms with Crippen molar-refractivity contribution in [3.05, 3.63) is 5.82 Å². The second kappa shape index (κ2) is 6.86. The summed E-state index contributed by atoms with van der Waals surface area (Å²) in [7, 11) is 0. The second-order valence-electron chi connectivity index (χ2n) is 11.2. The molecule has 4 saturated carbocycles. The van der Waals surface area contributed by atoms with Gasteiger partial charge in [-0.25, -0.2) is 0 Å². The molecule has 1 aromatic rings. The summed E-state index contributed by atoms with van der Waals surface area (Å²) in [6, 6.07) is 0. The van der Waals surface area contributed by atoms with Crippen LogP contribution in [0.4, 0.5) is 0 Å². The lowest BCUT2D eigenvalue weighted by Crippen LogP contribution is -2.51. The number of aromatic nitrogens is 4. The van der Waals surface area contributed by atoms with E-state index in [0.717, 1.165) is 37.0 Å². The molecule has 0 bridgehead atoms. The van der Waals surface area contributed by atoms with Crippen LogP contribution in [0.5, 0.6) is 0 Å². The molecule has 0 radical (unpaired) electrons. The minimum atomic E-state index is -0.449. The number of carbonyl (C=O) groups is 1. The van der Waals surface area contributed by atoms with Gasteiger partial charge >= 0.3 is 0 Å². The van der Waals surface area contributed by atoms with E-state index >= 15 is 0 Å². The lowest BCUT2D eigenvalue weighted by Gasteiger charge is -2.56. The second-order valence-corrected chi connectivity index (χ2v) is 11.2. The minimum absolute atomic E-state index is 0.140. The van der Waals surface area contributed by atoms with Gasteiger partial charge in [-0.15, -0.1) is 10.2 Å². The van der Waals surface area contributed by atoms with Crippen molar-refractivity contribution in [2.75, 3.05) is 0 Å². The summed E-state index contributed by atoms with van der Waals surface area (Å²) in [6.07, 6.45) is 10.4. The van der Waals surface area contributed by atoms with Crippen molar-refractivity contribution in [3.8, 4) is 0 Å². The van der Waals surface area contributed by atoms with E-state index in [0.29, 0.717) is 23.4 Å². The Morgan fingerprint density at radius 2 is 1.86 bits per heavy atom. The number of nitrogens with zero attached hydrogens (tertiary/aromatic N) is 4. The maximum atomic E-state index is 13.2. The highest BCUT2D eigenvalue weighted by atomic mass is 16.3. The number of hydrogen-bond donors (Lipinski definition) is 1. The Bertz CT molecular complexity index is 790. The molecule has 160 valence electrons. The van der Waals surface area contributed by atoms with E-state index in [1.165, 1.54) is 43.3 Å². The van der Waals surface area contributed by atoms with Crippen LogP contribution >= 0.6 is 0 Å². The van der Waals surface area contributed by atoms with Gasteiger partial charge in [-0.05, 0) is 112 Å². The van der Waals surface area contributed by atoms with E-state index in [9.17, 15) is 9.90 Å². The van der Waals surface area contributed by atoms with Gasteiger partial charge < -0.3 is 5.11 Å². The Hall–Kier alpha value is -1.30. The molecule has 0 aliphatic heterocycles. The number of ketones is 1. The fourth-order valence-corrected chi connectivity index (χ4v) is 8.25. The molecular weight excluding hydrogens is 364 g/mol. The summed E-state index contributed by atoms with van der Waals surface area (Å²) in [5.74, 6) is 4.86. The van der Waals surface area contributed by atoms with Crippen molar-refractivity contribution >= 4 is 5.78 Å². The zero-order valence-corrected chi connectivity index (χ0v) is 18.2. The highest BCUT2D eigenvalue weighted by molar-refractivity contribution is 5.81. The van der Waals surface area contributed by atoms with Crippen molar-refractivity contribution in [2.24, 2.45) is 40.9 Å². The van der Waals surface area contributed by atoms with E-state index in [2.05, 4.69) is 22.3 Å². The summed E-state index contributed by atoms with van der Waals surface area (Å²) in [5.41, 5.74) is -0.309. The number of rotatable bonds is 3. The van der Waals surface area contributed by atoms with Crippen LogP contribution < -0.4 is 0 Å². The first-order chi connectivity index (χ1) is 13.8. The third kappa shape index (κ3) is 3.26. The zero-order valence-electron chi connectivity index (χ0n) is 18.2. The Balaban J connectivity index is 1.31. The average Bonchev–Trinajstić information content (AvgIpc) is 3.22. The first-order valence-electron chi connectivity index (χ1n) is 11.8. The van der Waals surface area contributed by atoms with Crippen LogP contribution in [-0.2, 0) is 11.3 Å². The maximum Gasteiger partial charge on any atom is 0.171 e. The van der Waals surface area contributed by atoms with Crippen molar-refractivity contribution in [1.82, 2.24) is 20.2 Å². The number of carbonyl (C=O) groups excluding carboxylic acids is 1. The van der Waals surface area contributed by atoms with Gasteiger partial charge in [0.25, 0.3) is 0 Å². The zero-order chi connectivity index (χ0) is 20.4. The third-order valence-electron chi connectivity index (χ3n) is 9.48. The topological polar surface area (TPSA) is 80.9 Å². The molecule has 6 heteroatoms. The normalized spacial score (nSPS) is 46.6. The van der Waals surface area contributed by atoms with Crippen LogP contribution in [0.1, 0.15) is 77.5 Å². The quantitative estimate of drug-likeness (QED) is 0.839. The molecule has 0 spiro atoms. The molecule has 2 unspecified atom stereocenters. The SMILES string of the molecule is Cc1nnn(CC(=O)C2CC[C@H]3[C@@H]4CC[C@@H]5C[C@](C)(O)CC[C@@H]5[C@H]4CCC23C)n1. The number of fused-ring (bicyclic) bond motifs is 5. The summed E-state index contributed by atoms with van der Waals surface area (Å²) in [6.45, 7) is 6.51. The number of tetrazole rings is 1. The predicted molar refractivity (Wildman–Crippen MR) is 109 cm³/mol. The van der Waals surface area contributed by atoms with Gasteiger partial charge in [0.2, 0.25) is 0 Å². The Morgan fingerprint density at radius 1 is 1.07 bits per heavy atom. The first kappa shape index (κ1) is 19.7. The number of Topliss-reactive ketones (excluding diaryl/α,β-unsaturated/α-hetero) is 1. The minimum Gasteiger partial charge on any atom is -0.390 e.